The molecular weight excluding hydrogens is 386 g/mol. The third-order valence-electron chi connectivity index (χ3n) is 4.16. The van der Waals surface area contributed by atoms with Crippen LogP contribution < -0.4 is 15.4 Å². The first-order valence-corrected chi connectivity index (χ1v) is 9.11. The Kier molecular flexibility index (Phi) is 6.73. The number of ether oxygens (including phenoxy) is 1. The van der Waals surface area contributed by atoms with Crippen LogP contribution in [0.1, 0.15) is 15.9 Å². The standard InChI is InChI=1S/C22H19N3O5/c26-21(15-30-18-12-10-17(11-13-18)25(28)29)24-20-9-5-4-8-19(20)22(27)23-14-16-6-2-1-3-7-16/h1-13H,14-15H2,(H,23,27)(H,24,26). The highest BCUT2D eigenvalue weighted by molar-refractivity contribution is 6.04. The van der Waals surface area contributed by atoms with Crippen molar-refractivity contribution in [1.82, 2.24) is 5.32 Å². The highest BCUT2D eigenvalue weighted by Gasteiger charge is 2.13. The SMILES string of the molecule is O=C(COc1ccc([N+](=O)[O-])cc1)Nc1ccccc1C(=O)NCc1ccccc1. The number of para-hydroxylation sites is 1. The van der Waals surface area contributed by atoms with Crippen LogP contribution in [0.3, 0.4) is 0 Å². The molecule has 8 nitrogen and oxygen atoms in total. The molecule has 152 valence electrons. The quantitative estimate of drug-likeness (QED) is 0.440. The van der Waals surface area contributed by atoms with Crippen molar-refractivity contribution >= 4 is 23.2 Å². The first-order valence-electron chi connectivity index (χ1n) is 9.11. The van der Waals surface area contributed by atoms with E-state index in [0.717, 1.165) is 5.56 Å². The number of carbonyl (C=O) groups is 2. The number of nitro groups is 1. The van der Waals surface area contributed by atoms with Crippen LogP contribution in [0.5, 0.6) is 5.75 Å². The second-order valence-electron chi connectivity index (χ2n) is 6.30. The van der Waals surface area contributed by atoms with Crippen molar-refractivity contribution in [2.45, 2.75) is 6.54 Å². The van der Waals surface area contributed by atoms with E-state index in [2.05, 4.69) is 10.6 Å². The number of benzene rings is 3. The molecule has 3 rings (SSSR count). The van der Waals surface area contributed by atoms with E-state index in [1.165, 1.54) is 24.3 Å². The maximum atomic E-state index is 12.5. The number of non-ortho nitro benzene ring substituents is 1. The largest absolute Gasteiger partial charge is 0.484 e. The molecule has 0 saturated heterocycles. The summed E-state index contributed by atoms with van der Waals surface area (Å²) in [6.45, 7) is 0.0585. The van der Waals surface area contributed by atoms with Gasteiger partial charge in [-0.15, -0.1) is 0 Å². The number of nitro benzene ring substituents is 1. The molecule has 0 aliphatic rings. The van der Waals surface area contributed by atoms with Crippen LogP contribution in [0.15, 0.2) is 78.9 Å². The van der Waals surface area contributed by atoms with Gasteiger partial charge in [0.15, 0.2) is 6.61 Å². The summed E-state index contributed by atoms with van der Waals surface area (Å²) in [7, 11) is 0. The predicted octanol–water partition coefficient (Wildman–Crippen LogP) is 3.54. The molecule has 3 aromatic rings. The van der Waals surface area contributed by atoms with Crippen molar-refractivity contribution in [3.63, 3.8) is 0 Å². The Bertz CT molecular complexity index is 1040. The van der Waals surface area contributed by atoms with Crippen LogP contribution in [0.4, 0.5) is 11.4 Å². The maximum Gasteiger partial charge on any atom is 0.269 e. The van der Waals surface area contributed by atoms with Crippen LogP contribution in [0.25, 0.3) is 0 Å². The molecule has 3 aromatic carbocycles. The molecule has 0 atom stereocenters. The molecule has 8 heteroatoms. The molecule has 0 aromatic heterocycles. The molecule has 0 saturated carbocycles. The minimum atomic E-state index is -0.518. The topological polar surface area (TPSA) is 111 Å². The summed E-state index contributed by atoms with van der Waals surface area (Å²) in [5.41, 5.74) is 1.59. The van der Waals surface area contributed by atoms with E-state index >= 15 is 0 Å². The summed E-state index contributed by atoms with van der Waals surface area (Å²) in [4.78, 5) is 34.9. The monoisotopic (exact) mass is 405 g/mol. The third-order valence-corrected chi connectivity index (χ3v) is 4.16. The summed E-state index contributed by atoms with van der Waals surface area (Å²) in [5.74, 6) is -0.452. The van der Waals surface area contributed by atoms with Gasteiger partial charge in [-0.05, 0) is 29.8 Å². The Hall–Kier alpha value is -4.20. The van der Waals surface area contributed by atoms with Gasteiger partial charge in [-0.25, -0.2) is 0 Å². The Morgan fingerprint density at radius 3 is 2.27 bits per heavy atom. The van der Waals surface area contributed by atoms with E-state index < -0.39 is 10.8 Å². The smallest absolute Gasteiger partial charge is 0.269 e. The molecule has 2 N–H and O–H groups in total. The molecule has 0 spiro atoms. The lowest BCUT2D eigenvalue weighted by atomic mass is 10.1. The zero-order valence-corrected chi connectivity index (χ0v) is 15.9. The number of anilines is 1. The zero-order chi connectivity index (χ0) is 21.3. The summed E-state index contributed by atoms with van der Waals surface area (Å²) in [6, 6.07) is 21.6. The van der Waals surface area contributed by atoms with Crippen molar-refractivity contribution in [2.75, 3.05) is 11.9 Å². The number of amides is 2. The fourth-order valence-electron chi connectivity index (χ4n) is 2.66. The lowest BCUT2D eigenvalue weighted by Crippen LogP contribution is -2.26. The normalized spacial score (nSPS) is 10.1. The fraction of sp³-hybridized carbons (Fsp3) is 0.0909. The molecule has 30 heavy (non-hydrogen) atoms. The third kappa shape index (κ3) is 5.65. The Labute approximate surface area is 172 Å². The van der Waals surface area contributed by atoms with E-state index in [9.17, 15) is 19.7 Å². The lowest BCUT2D eigenvalue weighted by Gasteiger charge is -2.12. The summed E-state index contributed by atoms with van der Waals surface area (Å²) < 4.78 is 5.35. The molecule has 0 radical (unpaired) electrons. The second-order valence-corrected chi connectivity index (χ2v) is 6.30. The van der Waals surface area contributed by atoms with E-state index in [-0.39, 0.29) is 18.2 Å². The zero-order valence-electron chi connectivity index (χ0n) is 15.9. The number of nitrogens with zero attached hydrogens (tertiary/aromatic N) is 1. The summed E-state index contributed by atoms with van der Waals surface area (Å²) >= 11 is 0. The van der Waals surface area contributed by atoms with Gasteiger partial charge < -0.3 is 15.4 Å². The Morgan fingerprint density at radius 2 is 1.57 bits per heavy atom. The van der Waals surface area contributed by atoms with Crippen LogP contribution in [0, 0.1) is 10.1 Å². The van der Waals surface area contributed by atoms with Gasteiger partial charge in [-0.2, -0.15) is 0 Å². The molecular formula is C22H19N3O5. The number of carbonyl (C=O) groups excluding carboxylic acids is 2. The number of hydrogen-bond acceptors (Lipinski definition) is 5. The van der Waals surface area contributed by atoms with Crippen LogP contribution in [-0.2, 0) is 11.3 Å². The van der Waals surface area contributed by atoms with Gasteiger partial charge in [-0.3, -0.25) is 19.7 Å². The van der Waals surface area contributed by atoms with Gasteiger partial charge in [-0.1, -0.05) is 42.5 Å². The highest BCUT2D eigenvalue weighted by atomic mass is 16.6. The minimum Gasteiger partial charge on any atom is -0.484 e. The highest BCUT2D eigenvalue weighted by Crippen LogP contribution is 2.18. The van der Waals surface area contributed by atoms with Crippen molar-refractivity contribution in [3.8, 4) is 5.75 Å². The average Bonchev–Trinajstić information content (AvgIpc) is 2.77. The second kappa shape index (κ2) is 9.83. The Morgan fingerprint density at radius 1 is 0.900 bits per heavy atom. The van der Waals surface area contributed by atoms with Gasteiger partial charge in [0.05, 0.1) is 16.2 Å². The van der Waals surface area contributed by atoms with Crippen LogP contribution in [0.2, 0.25) is 0 Å². The van der Waals surface area contributed by atoms with Crippen LogP contribution in [-0.4, -0.2) is 23.3 Å². The Balaban J connectivity index is 1.57. The van der Waals surface area contributed by atoms with Crippen molar-refractivity contribution in [2.24, 2.45) is 0 Å². The van der Waals surface area contributed by atoms with E-state index in [4.69, 9.17) is 4.74 Å². The van der Waals surface area contributed by atoms with Gasteiger partial charge in [0.2, 0.25) is 0 Å². The molecule has 0 aliphatic heterocycles. The molecule has 0 bridgehead atoms. The van der Waals surface area contributed by atoms with Crippen molar-refractivity contribution in [1.29, 1.82) is 0 Å². The van der Waals surface area contributed by atoms with Crippen LogP contribution >= 0.6 is 0 Å². The average molecular weight is 405 g/mol. The van der Waals surface area contributed by atoms with Gasteiger partial charge in [0.25, 0.3) is 17.5 Å². The summed E-state index contributed by atoms with van der Waals surface area (Å²) in [6.07, 6.45) is 0. The molecule has 0 heterocycles. The first kappa shape index (κ1) is 20.5. The molecule has 0 aliphatic carbocycles. The van der Waals surface area contributed by atoms with E-state index in [1.54, 1.807) is 24.3 Å². The van der Waals surface area contributed by atoms with E-state index in [0.29, 0.717) is 23.5 Å². The van der Waals surface area contributed by atoms with Crippen molar-refractivity contribution in [3.05, 3.63) is 100 Å². The molecule has 2 amide bonds. The number of hydrogen-bond donors (Lipinski definition) is 2. The maximum absolute atomic E-state index is 12.5. The lowest BCUT2D eigenvalue weighted by molar-refractivity contribution is -0.384. The van der Waals surface area contributed by atoms with Gasteiger partial charge >= 0.3 is 0 Å². The number of nitrogens with one attached hydrogen (secondary N) is 2. The minimum absolute atomic E-state index is 0.0674. The van der Waals surface area contributed by atoms with Gasteiger partial charge in [0, 0.05) is 18.7 Å². The molecule has 0 unspecified atom stereocenters. The molecule has 0 fully saturated rings. The van der Waals surface area contributed by atoms with Crippen molar-refractivity contribution < 1.29 is 19.2 Å². The fourth-order valence-corrected chi connectivity index (χ4v) is 2.66. The predicted molar refractivity (Wildman–Crippen MR) is 111 cm³/mol. The summed E-state index contributed by atoms with van der Waals surface area (Å²) in [5, 5.41) is 16.1. The van der Waals surface area contributed by atoms with Gasteiger partial charge in [0.1, 0.15) is 5.75 Å². The van der Waals surface area contributed by atoms with E-state index in [1.807, 2.05) is 30.3 Å². The number of rotatable bonds is 8. The first-order chi connectivity index (χ1) is 14.5.